The van der Waals surface area contributed by atoms with E-state index in [4.69, 9.17) is 0 Å². The quantitative estimate of drug-likeness (QED) is 0.759. The molecule has 27 heavy (non-hydrogen) atoms. The lowest BCUT2D eigenvalue weighted by atomic mass is 9.99. The van der Waals surface area contributed by atoms with Gasteiger partial charge in [0, 0.05) is 18.5 Å². The van der Waals surface area contributed by atoms with Crippen LogP contribution in [-0.2, 0) is 4.79 Å². The minimum Gasteiger partial charge on any atom is -0.342 e. The van der Waals surface area contributed by atoms with Gasteiger partial charge in [0.1, 0.15) is 6.17 Å². The smallest absolute Gasteiger partial charge is 0.238 e. The van der Waals surface area contributed by atoms with E-state index in [2.05, 4.69) is 15.6 Å². The van der Waals surface area contributed by atoms with Gasteiger partial charge in [-0.25, -0.2) is 9.37 Å². The van der Waals surface area contributed by atoms with E-state index in [1.807, 2.05) is 44.2 Å². The average molecular weight is 396 g/mol. The molecule has 4 nitrogen and oxygen atoms in total. The van der Waals surface area contributed by atoms with Gasteiger partial charge in [0.25, 0.3) is 0 Å². The molecule has 3 unspecified atom stereocenters. The third-order valence-corrected chi connectivity index (χ3v) is 4.63. The molecule has 1 aromatic heterocycles. The molecule has 0 saturated carbocycles. The first-order valence-corrected chi connectivity index (χ1v) is 8.84. The van der Waals surface area contributed by atoms with Gasteiger partial charge < -0.3 is 10.6 Å². The fourth-order valence-electron chi connectivity index (χ4n) is 3.16. The van der Waals surface area contributed by atoms with Crippen LogP contribution in [0.4, 0.5) is 8.78 Å². The van der Waals surface area contributed by atoms with Crippen molar-refractivity contribution in [1.82, 2.24) is 15.6 Å². The summed E-state index contributed by atoms with van der Waals surface area (Å²) in [6.45, 7) is 3.97. The Morgan fingerprint density at radius 2 is 1.93 bits per heavy atom. The zero-order chi connectivity index (χ0) is 18.7. The number of amides is 1. The number of halogens is 3. The molecular weight excluding hydrogens is 372 g/mol. The van der Waals surface area contributed by atoms with E-state index in [-0.39, 0.29) is 37.2 Å². The number of hydrogen-bond donors (Lipinski definition) is 2. The standard InChI is InChI=1S/C20H23F2N3O.ClH/c1-12(2)15-8-9-16(24-19(15)22)18(13-6-4-3-5-7-13)25-20(26)17-10-14(21)11-23-17;/h3-9,12,14,17-18,23H,10-11H2,1-2H3,(H,25,26);1H. The van der Waals surface area contributed by atoms with Crippen molar-refractivity contribution >= 4 is 18.3 Å². The number of alkyl halides is 1. The van der Waals surface area contributed by atoms with Crippen molar-refractivity contribution in [2.75, 3.05) is 6.54 Å². The summed E-state index contributed by atoms with van der Waals surface area (Å²) >= 11 is 0. The second-order valence-corrected chi connectivity index (χ2v) is 6.92. The molecule has 3 atom stereocenters. The Labute approximate surface area is 164 Å². The molecular formula is C20H24ClF2N3O. The monoisotopic (exact) mass is 395 g/mol. The van der Waals surface area contributed by atoms with Crippen LogP contribution < -0.4 is 10.6 Å². The first-order chi connectivity index (χ1) is 12.5. The number of nitrogens with zero attached hydrogens (tertiary/aromatic N) is 1. The maximum Gasteiger partial charge on any atom is 0.238 e. The lowest BCUT2D eigenvalue weighted by Gasteiger charge is -2.22. The van der Waals surface area contributed by atoms with Gasteiger partial charge >= 0.3 is 0 Å². The summed E-state index contributed by atoms with van der Waals surface area (Å²) in [6.07, 6.45) is -0.886. The third kappa shape index (κ3) is 5.02. The summed E-state index contributed by atoms with van der Waals surface area (Å²) in [5.74, 6) is -0.824. The number of nitrogens with one attached hydrogen (secondary N) is 2. The first-order valence-electron chi connectivity index (χ1n) is 8.84. The van der Waals surface area contributed by atoms with E-state index < -0.39 is 24.2 Å². The van der Waals surface area contributed by atoms with Crippen LogP contribution >= 0.6 is 12.4 Å². The number of carbonyl (C=O) groups is 1. The van der Waals surface area contributed by atoms with E-state index >= 15 is 0 Å². The highest BCUT2D eigenvalue weighted by Crippen LogP contribution is 2.24. The Balaban J connectivity index is 0.00000261. The van der Waals surface area contributed by atoms with Gasteiger partial charge in [0.15, 0.2) is 0 Å². The van der Waals surface area contributed by atoms with E-state index in [0.717, 1.165) is 5.56 Å². The summed E-state index contributed by atoms with van der Waals surface area (Å²) in [4.78, 5) is 16.6. The fraction of sp³-hybridized carbons (Fsp3) is 0.400. The normalized spacial score (nSPS) is 20.2. The van der Waals surface area contributed by atoms with Crippen LogP contribution in [-0.4, -0.2) is 29.6 Å². The Morgan fingerprint density at radius 3 is 2.48 bits per heavy atom. The minimum absolute atomic E-state index is 0. The second-order valence-electron chi connectivity index (χ2n) is 6.92. The van der Waals surface area contributed by atoms with Crippen molar-refractivity contribution < 1.29 is 13.6 Å². The molecule has 1 aromatic carbocycles. The molecule has 1 saturated heterocycles. The molecule has 0 bridgehead atoms. The first kappa shape index (κ1) is 21.3. The van der Waals surface area contributed by atoms with Gasteiger partial charge in [0.05, 0.1) is 17.8 Å². The van der Waals surface area contributed by atoms with Crippen molar-refractivity contribution in [3.63, 3.8) is 0 Å². The van der Waals surface area contributed by atoms with E-state index in [9.17, 15) is 13.6 Å². The molecule has 0 aliphatic carbocycles. The number of pyridine rings is 1. The van der Waals surface area contributed by atoms with Gasteiger partial charge in [-0.1, -0.05) is 50.2 Å². The molecule has 0 spiro atoms. The average Bonchev–Trinajstić information content (AvgIpc) is 3.06. The zero-order valence-electron chi connectivity index (χ0n) is 15.3. The van der Waals surface area contributed by atoms with E-state index in [1.165, 1.54) is 0 Å². The summed E-state index contributed by atoms with van der Waals surface area (Å²) in [6, 6.07) is 11.5. The van der Waals surface area contributed by atoms with Gasteiger partial charge in [-0.05, 0) is 17.5 Å². The van der Waals surface area contributed by atoms with Crippen LogP contribution in [0.1, 0.15) is 49.0 Å². The molecule has 1 amide bonds. The van der Waals surface area contributed by atoms with Gasteiger partial charge in [-0.15, -0.1) is 12.4 Å². The number of benzene rings is 1. The lowest BCUT2D eigenvalue weighted by Crippen LogP contribution is -2.42. The maximum absolute atomic E-state index is 14.4. The third-order valence-electron chi connectivity index (χ3n) is 4.63. The second kappa shape index (κ2) is 9.24. The van der Waals surface area contributed by atoms with Crippen molar-refractivity contribution in [1.29, 1.82) is 0 Å². The lowest BCUT2D eigenvalue weighted by molar-refractivity contribution is -0.123. The summed E-state index contributed by atoms with van der Waals surface area (Å²) in [7, 11) is 0. The number of carbonyl (C=O) groups excluding carboxylic acids is 1. The van der Waals surface area contributed by atoms with Crippen LogP contribution in [0, 0.1) is 5.95 Å². The molecule has 1 fully saturated rings. The predicted octanol–water partition coefficient (Wildman–Crippen LogP) is 3.67. The highest BCUT2D eigenvalue weighted by atomic mass is 35.5. The number of rotatable bonds is 5. The summed E-state index contributed by atoms with van der Waals surface area (Å²) < 4.78 is 27.8. The molecule has 2 heterocycles. The maximum atomic E-state index is 14.4. The molecule has 1 aliphatic rings. The van der Waals surface area contributed by atoms with Crippen molar-refractivity contribution in [2.45, 2.75) is 44.4 Å². The van der Waals surface area contributed by atoms with E-state index in [1.54, 1.807) is 12.1 Å². The molecule has 7 heteroatoms. The van der Waals surface area contributed by atoms with Crippen molar-refractivity contribution in [3.8, 4) is 0 Å². The topological polar surface area (TPSA) is 54.0 Å². The Hall–Kier alpha value is -2.05. The SMILES string of the molecule is CC(C)c1ccc(C(NC(=O)C2CC(F)CN2)c2ccccc2)nc1F.Cl. The van der Waals surface area contributed by atoms with Crippen LogP contribution in [0.15, 0.2) is 42.5 Å². The largest absolute Gasteiger partial charge is 0.342 e. The van der Waals surface area contributed by atoms with Crippen molar-refractivity contribution in [2.24, 2.45) is 0 Å². The van der Waals surface area contributed by atoms with Crippen LogP contribution in [0.2, 0.25) is 0 Å². The number of hydrogen-bond acceptors (Lipinski definition) is 3. The highest BCUT2D eigenvalue weighted by Gasteiger charge is 2.31. The molecule has 2 aromatic rings. The Morgan fingerprint density at radius 1 is 1.22 bits per heavy atom. The predicted molar refractivity (Wildman–Crippen MR) is 103 cm³/mol. The summed E-state index contributed by atoms with van der Waals surface area (Å²) in [5, 5.41) is 5.76. The zero-order valence-corrected chi connectivity index (χ0v) is 16.1. The van der Waals surface area contributed by atoms with Gasteiger partial charge in [-0.2, -0.15) is 4.39 Å². The molecule has 146 valence electrons. The number of aromatic nitrogens is 1. The van der Waals surface area contributed by atoms with Crippen LogP contribution in [0.5, 0.6) is 0 Å². The van der Waals surface area contributed by atoms with Gasteiger partial charge in [-0.3, -0.25) is 4.79 Å². The molecule has 0 radical (unpaired) electrons. The molecule has 3 rings (SSSR count). The van der Waals surface area contributed by atoms with Crippen LogP contribution in [0.3, 0.4) is 0 Å². The highest BCUT2D eigenvalue weighted by molar-refractivity contribution is 5.85. The fourth-order valence-corrected chi connectivity index (χ4v) is 3.16. The minimum atomic E-state index is -1.03. The molecule has 1 aliphatic heterocycles. The van der Waals surface area contributed by atoms with Gasteiger partial charge in [0.2, 0.25) is 11.9 Å². The molecule has 2 N–H and O–H groups in total. The van der Waals surface area contributed by atoms with E-state index in [0.29, 0.717) is 11.3 Å². The van der Waals surface area contributed by atoms with Crippen molar-refractivity contribution in [3.05, 3.63) is 65.2 Å². The van der Waals surface area contributed by atoms with Crippen LogP contribution in [0.25, 0.3) is 0 Å². The summed E-state index contributed by atoms with van der Waals surface area (Å²) in [5.41, 5.74) is 1.74. The Bertz CT molecular complexity index is 773. The Kier molecular flexibility index (Phi) is 7.27.